The van der Waals surface area contributed by atoms with Gasteiger partial charge in [0.05, 0.1) is 0 Å². The van der Waals surface area contributed by atoms with Gasteiger partial charge in [0.25, 0.3) is 0 Å². The average molecular weight is 181 g/mol. The predicted octanol–water partition coefficient (Wildman–Crippen LogP) is 0.921. The van der Waals surface area contributed by atoms with E-state index in [0.717, 1.165) is 0 Å². The van der Waals surface area contributed by atoms with Crippen LogP contribution in [0.4, 0.5) is 0 Å². The van der Waals surface area contributed by atoms with Crippen LogP contribution in [0, 0.1) is 0 Å². The molecule has 70 valence electrons. The van der Waals surface area contributed by atoms with Crippen molar-refractivity contribution in [1.82, 2.24) is 4.98 Å². The summed E-state index contributed by atoms with van der Waals surface area (Å²) in [6.07, 6.45) is 0.443. The molecule has 0 saturated carbocycles. The van der Waals surface area contributed by atoms with Gasteiger partial charge < -0.3 is 9.84 Å². The van der Waals surface area contributed by atoms with Crippen LogP contribution in [-0.4, -0.2) is 23.0 Å². The standard InChI is InChI=1S/C9H11NO3/c1-6(11)8-4-3-7(5-10-8)9(12)13-2/h3-5,9,12H,1-2H3. The van der Waals surface area contributed by atoms with E-state index < -0.39 is 6.29 Å². The highest BCUT2D eigenvalue weighted by Gasteiger charge is 2.06. The highest BCUT2D eigenvalue weighted by Crippen LogP contribution is 2.11. The molecule has 0 spiro atoms. The Morgan fingerprint density at radius 1 is 1.62 bits per heavy atom. The molecule has 0 radical (unpaired) electrons. The summed E-state index contributed by atoms with van der Waals surface area (Å²) in [6, 6.07) is 3.16. The van der Waals surface area contributed by atoms with E-state index in [9.17, 15) is 9.90 Å². The highest BCUT2D eigenvalue weighted by molar-refractivity contribution is 5.91. The van der Waals surface area contributed by atoms with Gasteiger partial charge in [-0.2, -0.15) is 0 Å². The van der Waals surface area contributed by atoms with Crippen LogP contribution in [0.15, 0.2) is 18.3 Å². The molecule has 1 rings (SSSR count). The topological polar surface area (TPSA) is 59.4 Å². The average Bonchev–Trinajstić information content (AvgIpc) is 2.17. The van der Waals surface area contributed by atoms with E-state index in [2.05, 4.69) is 9.72 Å². The third-order valence-electron chi connectivity index (χ3n) is 1.66. The van der Waals surface area contributed by atoms with Crippen LogP contribution >= 0.6 is 0 Å². The summed E-state index contributed by atoms with van der Waals surface area (Å²) < 4.78 is 4.67. The SMILES string of the molecule is COC(O)c1ccc(C(C)=O)nc1. The summed E-state index contributed by atoms with van der Waals surface area (Å²) in [5.41, 5.74) is 0.916. The molecule has 4 heteroatoms. The monoisotopic (exact) mass is 181 g/mol. The molecule has 4 nitrogen and oxygen atoms in total. The maximum atomic E-state index is 10.8. The van der Waals surface area contributed by atoms with Gasteiger partial charge in [0, 0.05) is 25.8 Å². The van der Waals surface area contributed by atoms with Crippen molar-refractivity contribution in [3.63, 3.8) is 0 Å². The van der Waals surface area contributed by atoms with E-state index >= 15 is 0 Å². The molecular weight excluding hydrogens is 170 g/mol. The molecule has 13 heavy (non-hydrogen) atoms. The number of ketones is 1. The Balaban J connectivity index is 2.87. The van der Waals surface area contributed by atoms with Crippen molar-refractivity contribution in [3.05, 3.63) is 29.6 Å². The number of hydrogen-bond acceptors (Lipinski definition) is 4. The molecule has 1 atom stereocenters. The predicted molar refractivity (Wildman–Crippen MR) is 46.2 cm³/mol. The number of aliphatic hydroxyl groups is 1. The first-order chi connectivity index (χ1) is 6.15. The zero-order valence-corrected chi connectivity index (χ0v) is 7.52. The molecule has 0 aliphatic carbocycles. The molecule has 0 aliphatic rings. The van der Waals surface area contributed by atoms with E-state index in [-0.39, 0.29) is 5.78 Å². The number of hydrogen-bond donors (Lipinski definition) is 1. The van der Waals surface area contributed by atoms with Gasteiger partial charge in [-0.1, -0.05) is 6.07 Å². The Bertz CT molecular complexity index is 294. The fraction of sp³-hybridized carbons (Fsp3) is 0.333. The molecule has 1 heterocycles. The molecule has 0 fully saturated rings. The molecule has 0 bridgehead atoms. The number of methoxy groups -OCH3 is 1. The maximum absolute atomic E-state index is 10.8. The lowest BCUT2D eigenvalue weighted by molar-refractivity contribution is -0.0771. The number of nitrogens with zero attached hydrogens (tertiary/aromatic N) is 1. The van der Waals surface area contributed by atoms with Crippen LogP contribution < -0.4 is 0 Å². The van der Waals surface area contributed by atoms with Crippen molar-refractivity contribution in [2.24, 2.45) is 0 Å². The van der Waals surface area contributed by atoms with Gasteiger partial charge in [-0.3, -0.25) is 9.78 Å². The molecule has 1 unspecified atom stereocenters. The van der Waals surface area contributed by atoms with Crippen LogP contribution in [0.2, 0.25) is 0 Å². The number of carbonyl (C=O) groups is 1. The lowest BCUT2D eigenvalue weighted by Crippen LogP contribution is -2.02. The number of Topliss-reactive ketones (excluding diaryl/α,β-unsaturated/α-hetero) is 1. The summed E-state index contributed by atoms with van der Waals surface area (Å²) in [7, 11) is 1.39. The van der Waals surface area contributed by atoms with Crippen molar-refractivity contribution in [1.29, 1.82) is 0 Å². The third-order valence-corrected chi connectivity index (χ3v) is 1.66. The largest absolute Gasteiger partial charge is 0.364 e. The molecule has 0 saturated heterocycles. The Labute approximate surface area is 76.2 Å². The van der Waals surface area contributed by atoms with Crippen molar-refractivity contribution < 1.29 is 14.6 Å². The minimum absolute atomic E-state index is 0.0987. The van der Waals surface area contributed by atoms with Crippen LogP contribution in [0.5, 0.6) is 0 Å². The number of pyridine rings is 1. The lowest BCUT2D eigenvalue weighted by atomic mass is 10.2. The first-order valence-corrected chi connectivity index (χ1v) is 3.83. The fourth-order valence-corrected chi connectivity index (χ4v) is 0.896. The van der Waals surface area contributed by atoms with E-state index in [0.29, 0.717) is 11.3 Å². The molecular formula is C9H11NO3. The van der Waals surface area contributed by atoms with Gasteiger partial charge in [-0.25, -0.2) is 0 Å². The van der Waals surface area contributed by atoms with Crippen LogP contribution in [0.3, 0.4) is 0 Å². The van der Waals surface area contributed by atoms with Gasteiger partial charge in [-0.05, 0) is 6.07 Å². The van der Waals surface area contributed by atoms with Crippen molar-refractivity contribution >= 4 is 5.78 Å². The second-order valence-corrected chi connectivity index (χ2v) is 2.62. The number of rotatable bonds is 3. The summed E-state index contributed by atoms with van der Waals surface area (Å²) in [5, 5.41) is 9.21. The third kappa shape index (κ3) is 2.34. The smallest absolute Gasteiger partial charge is 0.182 e. The van der Waals surface area contributed by atoms with Crippen molar-refractivity contribution in [2.75, 3.05) is 7.11 Å². The fourth-order valence-electron chi connectivity index (χ4n) is 0.896. The van der Waals surface area contributed by atoms with Crippen molar-refractivity contribution in [3.8, 4) is 0 Å². The number of ether oxygens (including phenoxy) is 1. The molecule has 0 amide bonds. The zero-order chi connectivity index (χ0) is 9.84. The van der Waals surface area contributed by atoms with Crippen LogP contribution in [0.25, 0.3) is 0 Å². The first-order valence-electron chi connectivity index (χ1n) is 3.83. The highest BCUT2D eigenvalue weighted by atomic mass is 16.6. The van der Waals surface area contributed by atoms with Gasteiger partial charge in [0.1, 0.15) is 5.69 Å². The lowest BCUT2D eigenvalue weighted by Gasteiger charge is -2.07. The Hall–Kier alpha value is -1.26. The molecule has 0 aromatic carbocycles. The van der Waals surface area contributed by atoms with Gasteiger partial charge in [-0.15, -0.1) is 0 Å². The number of carbonyl (C=O) groups excluding carboxylic acids is 1. The second kappa shape index (κ2) is 4.11. The molecule has 0 aliphatic heterocycles. The van der Waals surface area contributed by atoms with Gasteiger partial charge >= 0.3 is 0 Å². The van der Waals surface area contributed by atoms with Gasteiger partial charge in [0.2, 0.25) is 0 Å². The molecule has 1 N–H and O–H groups in total. The van der Waals surface area contributed by atoms with E-state index in [1.165, 1.54) is 20.2 Å². The van der Waals surface area contributed by atoms with E-state index in [1.54, 1.807) is 12.1 Å². The Kier molecular flexibility index (Phi) is 3.11. The second-order valence-electron chi connectivity index (χ2n) is 2.62. The van der Waals surface area contributed by atoms with Gasteiger partial charge in [0.15, 0.2) is 12.1 Å². The zero-order valence-electron chi connectivity index (χ0n) is 7.52. The van der Waals surface area contributed by atoms with Crippen LogP contribution in [-0.2, 0) is 4.74 Å². The van der Waals surface area contributed by atoms with E-state index in [4.69, 9.17) is 0 Å². The Morgan fingerprint density at radius 2 is 2.31 bits per heavy atom. The number of aliphatic hydroxyl groups excluding tert-OH is 1. The summed E-state index contributed by atoms with van der Waals surface area (Å²) in [5.74, 6) is -0.0987. The Morgan fingerprint density at radius 3 is 2.69 bits per heavy atom. The molecule has 1 aromatic heterocycles. The summed E-state index contributed by atoms with van der Waals surface area (Å²) in [6.45, 7) is 1.44. The number of aromatic nitrogens is 1. The van der Waals surface area contributed by atoms with Crippen LogP contribution in [0.1, 0.15) is 29.3 Å². The normalized spacial score (nSPS) is 12.5. The summed E-state index contributed by atoms with van der Waals surface area (Å²) in [4.78, 5) is 14.7. The summed E-state index contributed by atoms with van der Waals surface area (Å²) >= 11 is 0. The minimum Gasteiger partial charge on any atom is -0.364 e. The maximum Gasteiger partial charge on any atom is 0.182 e. The first kappa shape index (κ1) is 9.83. The quantitative estimate of drug-likeness (QED) is 0.556. The minimum atomic E-state index is -0.978. The van der Waals surface area contributed by atoms with Crippen molar-refractivity contribution in [2.45, 2.75) is 13.2 Å². The van der Waals surface area contributed by atoms with E-state index in [1.807, 2.05) is 0 Å². The molecule has 1 aromatic rings.